The van der Waals surface area contributed by atoms with Crippen molar-refractivity contribution in [1.29, 1.82) is 0 Å². The van der Waals surface area contributed by atoms with E-state index < -0.39 is 6.85 Å². The SMILES string of the molecule is Cc1c[c-]c(-c2ccc(C)cn2)cc1.[2H]C([2H])([2H])c1nc2c(ccc3c4cc[c-]c(-c5cc(-c6c(C)cccc6C)c(C(C)C)cn5)c4oc32)s1.[Ir]. The second kappa shape index (κ2) is 14.2. The average molecular weight is 839 g/mol. The van der Waals surface area contributed by atoms with Crippen LogP contribution in [-0.2, 0) is 20.1 Å². The number of furan rings is 1. The Morgan fingerprint density at radius 1 is 0.796 bits per heavy atom. The fourth-order valence-corrected chi connectivity index (χ4v) is 6.90. The molecule has 0 N–H and O–H groups in total. The largest absolute Gasteiger partial charge is 0.498 e. The van der Waals surface area contributed by atoms with Crippen LogP contribution in [0.3, 0.4) is 0 Å². The monoisotopic (exact) mass is 839 g/mol. The summed E-state index contributed by atoms with van der Waals surface area (Å²) in [5.41, 5.74) is 13.9. The molecule has 4 heterocycles. The topological polar surface area (TPSA) is 51.8 Å². The minimum atomic E-state index is -2.26. The molecule has 0 saturated carbocycles. The Morgan fingerprint density at radius 2 is 1.55 bits per heavy atom. The molecule has 0 atom stereocenters. The molecule has 0 spiro atoms. The van der Waals surface area contributed by atoms with Gasteiger partial charge in [0.1, 0.15) is 11.1 Å². The summed E-state index contributed by atoms with van der Waals surface area (Å²) in [5.74, 6) is 0.312. The number of nitrogens with zero attached hydrogens (tertiary/aromatic N) is 3. The summed E-state index contributed by atoms with van der Waals surface area (Å²) in [5, 5.41) is 1.94. The van der Waals surface area contributed by atoms with Crippen molar-refractivity contribution in [3.63, 3.8) is 0 Å². The number of benzene rings is 4. The third kappa shape index (κ3) is 6.74. The van der Waals surface area contributed by atoms with E-state index >= 15 is 0 Å². The molecule has 0 fully saturated rings. The van der Waals surface area contributed by atoms with Gasteiger partial charge in [0, 0.05) is 42.0 Å². The van der Waals surface area contributed by atoms with Crippen molar-refractivity contribution in [1.82, 2.24) is 15.0 Å². The Kier molecular flexibility index (Phi) is 8.84. The van der Waals surface area contributed by atoms with Crippen molar-refractivity contribution in [3.8, 4) is 33.6 Å². The summed E-state index contributed by atoms with van der Waals surface area (Å²) in [6.07, 6.45) is 3.85. The van der Waals surface area contributed by atoms with Crippen LogP contribution >= 0.6 is 11.3 Å². The summed E-state index contributed by atoms with van der Waals surface area (Å²) in [4.78, 5) is 13.7. The number of aryl methyl sites for hydroxylation is 5. The fourth-order valence-electron chi connectivity index (χ4n) is 6.19. The van der Waals surface area contributed by atoms with Crippen molar-refractivity contribution in [2.45, 2.75) is 54.3 Å². The molecule has 6 heteroatoms. The third-order valence-corrected chi connectivity index (χ3v) is 9.51. The zero-order valence-electron chi connectivity index (χ0n) is 31.2. The molecule has 8 rings (SSSR count). The van der Waals surface area contributed by atoms with Gasteiger partial charge in [0.15, 0.2) is 0 Å². The molecule has 0 amide bonds. The average Bonchev–Trinajstić information content (AvgIpc) is 3.72. The first kappa shape index (κ1) is 30.6. The Hall–Kier alpha value is -4.48. The first-order valence-corrected chi connectivity index (χ1v) is 16.9. The molecule has 0 aliphatic rings. The van der Waals surface area contributed by atoms with Crippen LogP contribution in [-0.4, -0.2) is 15.0 Å². The van der Waals surface area contributed by atoms with Crippen LogP contribution in [0, 0.1) is 46.7 Å². The van der Waals surface area contributed by atoms with Crippen LogP contribution in [0.15, 0.2) is 95.7 Å². The molecular formula is C43H37IrN3OS-2. The maximum atomic E-state index is 7.77. The van der Waals surface area contributed by atoms with E-state index in [9.17, 15) is 0 Å². The number of pyridine rings is 2. The quantitative estimate of drug-likeness (QED) is 0.166. The van der Waals surface area contributed by atoms with Gasteiger partial charge in [-0.2, -0.15) is 0 Å². The molecule has 0 bridgehead atoms. The van der Waals surface area contributed by atoms with Gasteiger partial charge in [0.2, 0.25) is 0 Å². The molecule has 0 saturated heterocycles. The smallest absolute Gasteiger partial charge is 0.148 e. The molecule has 0 aliphatic carbocycles. The van der Waals surface area contributed by atoms with E-state index in [0.717, 1.165) is 38.0 Å². The normalized spacial score (nSPS) is 12.3. The number of rotatable bonds is 4. The maximum Gasteiger partial charge on any atom is 0.148 e. The molecule has 4 aromatic heterocycles. The molecule has 4 nitrogen and oxygen atoms in total. The molecule has 1 radical (unpaired) electrons. The standard InChI is InChI=1S/C30H25N2OS.C13H12N.Ir/c1-16(2)24-15-31-25(14-23(24)27-17(3)8-6-9-18(27)4)22-11-7-10-20-21-12-13-26-28(32-19(5)34-26)30(21)33-29(20)22;1-10-3-6-12(7-4-10)13-8-5-11(2)9-14-13;/h6-10,12-16H,1-5H3;3-6,8-9H,1-2H3;/q2*-1;/i5D3;;. The van der Waals surface area contributed by atoms with E-state index in [2.05, 4.69) is 93.1 Å². The predicted molar refractivity (Wildman–Crippen MR) is 201 cm³/mol. The first-order chi connectivity index (χ1) is 24.4. The number of hydrogen-bond acceptors (Lipinski definition) is 5. The second-order valence-corrected chi connectivity index (χ2v) is 13.6. The van der Waals surface area contributed by atoms with E-state index in [0.29, 0.717) is 22.6 Å². The molecule has 49 heavy (non-hydrogen) atoms. The van der Waals surface area contributed by atoms with Gasteiger partial charge in [-0.25, -0.2) is 4.98 Å². The minimum Gasteiger partial charge on any atom is -0.498 e. The van der Waals surface area contributed by atoms with Crippen LogP contribution < -0.4 is 0 Å². The Labute approximate surface area is 309 Å². The third-order valence-electron chi connectivity index (χ3n) is 8.68. The number of hydrogen-bond donors (Lipinski definition) is 0. The number of aromatic nitrogens is 3. The Bertz CT molecular complexity index is 2470. The number of thiazole rings is 1. The van der Waals surface area contributed by atoms with Gasteiger partial charge < -0.3 is 14.4 Å². The van der Waals surface area contributed by atoms with Crippen molar-refractivity contribution >= 4 is 43.5 Å². The second-order valence-electron chi connectivity index (χ2n) is 12.6. The summed E-state index contributed by atoms with van der Waals surface area (Å²) >= 11 is 1.18. The van der Waals surface area contributed by atoms with E-state index in [-0.39, 0.29) is 25.1 Å². The summed E-state index contributed by atoms with van der Waals surface area (Å²) in [6, 6.07) is 33.1. The molecular weight excluding hydrogens is 799 g/mol. The Morgan fingerprint density at radius 3 is 2.24 bits per heavy atom. The predicted octanol–water partition coefficient (Wildman–Crippen LogP) is 11.9. The Balaban J connectivity index is 0.000000260. The van der Waals surface area contributed by atoms with Crippen molar-refractivity contribution in [2.24, 2.45) is 0 Å². The van der Waals surface area contributed by atoms with Gasteiger partial charge in [-0.05, 0) is 84.4 Å². The van der Waals surface area contributed by atoms with E-state index in [1.165, 1.54) is 50.3 Å². The summed E-state index contributed by atoms with van der Waals surface area (Å²) < 4.78 is 30.5. The van der Waals surface area contributed by atoms with Crippen LogP contribution in [0.2, 0.25) is 0 Å². The number of fused-ring (bicyclic) bond motifs is 5. The van der Waals surface area contributed by atoms with Crippen LogP contribution in [0.25, 0.3) is 65.8 Å². The summed E-state index contributed by atoms with van der Waals surface area (Å²) in [6.45, 7) is 10.5. The van der Waals surface area contributed by atoms with Gasteiger partial charge in [0.05, 0.1) is 15.3 Å². The summed E-state index contributed by atoms with van der Waals surface area (Å²) in [7, 11) is 0. The molecule has 4 aromatic carbocycles. The fraction of sp³-hybridized carbons (Fsp3) is 0.186. The van der Waals surface area contributed by atoms with Gasteiger partial charge in [-0.3, -0.25) is 0 Å². The van der Waals surface area contributed by atoms with E-state index in [4.69, 9.17) is 13.5 Å². The molecule has 0 aliphatic heterocycles. The zero-order valence-corrected chi connectivity index (χ0v) is 31.4. The minimum absolute atomic E-state index is 0. The van der Waals surface area contributed by atoms with Crippen LogP contribution in [0.5, 0.6) is 0 Å². The van der Waals surface area contributed by atoms with E-state index in [1.54, 1.807) is 0 Å². The van der Waals surface area contributed by atoms with Gasteiger partial charge in [-0.15, -0.1) is 64.9 Å². The molecule has 0 unspecified atom stereocenters. The molecule has 8 aromatic rings. The van der Waals surface area contributed by atoms with E-state index in [1.807, 2.05) is 61.8 Å². The van der Waals surface area contributed by atoms with Crippen LogP contribution in [0.1, 0.15) is 56.7 Å². The van der Waals surface area contributed by atoms with Crippen LogP contribution in [0.4, 0.5) is 0 Å². The van der Waals surface area contributed by atoms with Gasteiger partial charge in [-0.1, -0.05) is 74.2 Å². The van der Waals surface area contributed by atoms with Gasteiger partial charge >= 0.3 is 0 Å². The van der Waals surface area contributed by atoms with Crippen molar-refractivity contribution in [2.75, 3.05) is 0 Å². The maximum absolute atomic E-state index is 7.77. The van der Waals surface area contributed by atoms with Crippen molar-refractivity contribution in [3.05, 3.63) is 136 Å². The molecule has 247 valence electrons. The zero-order chi connectivity index (χ0) is 36.0. The van der Waals surface area contributed by atoms with Crippen molar-refractivity contribution < 1.29 is 28.6 Å². The van der Waals surface area contributed by atoms with Gasteiger partial charge in [0.25, 0.3) is 0 Å². The first-order valence-electron chi connectivity index (χ1n) is 17.5.